The molecule has 0 N–H and O–H groups in total. The van der Waals surface area contributed by atoms with Gasteiger partial charge in [-0.2, -0.15) is 0 Å². The van der Waals surface area contributed by atoms with Crippen LogP contribution in [0.3, 0.4) is 0 Å². The third-order valence-corrected chi connectivity index (χ3v) is 6.89. The van der Waals surface area contributed by atoms with E-state index in [1.807, 2.05) is 0 Å². The van der Waals surface area contributed by atoms with Crippen LogP contribution in [0.25, 0.3) is 0 Å². The summed E-state index contributed by atoms with van der Waals surface area (Å²) >= 11 is 0. The van der Waals surface area contributed by atoms with Gasteiger partial charge in [0.2, 0.25) is 5.60 Å². The third kappa shape index (κ3) is 4.36. The second-order valence-corrected chi connectivity index (χ2v) is 7.60. The van der Waals surface area contributed by atoms with Gasteiger partial charge in [-0.25, -0.2) is 0 Å². The molecule has 0 unspecified atom stereocenters. The predicted octanol–water partition coefficient (Wildman–Crippen LogP) is 2.48. The molecule has 1 aliphatic carbocycles. The zero-order valence-electron chi connectivity index (χ0n) is 11.8. The fourth-order valence-corrected chi connectivity index (χ4v) is 5.07. The lowest BCUT2D eigenvalue weighted by Gasteiger charge is -2.35. The Morgan fingerprint density at radius 3 is 1.94 bits per heavy atom. The van der Waals surface area contributed by atoms with Crippen molar-refractivity contribution < 1.29 is 14.2 Å². The molecule has 0 radical (unpaired) electrons. The van der Waals surface area contributed by atoms with Crippen molar-refractivity contribution in [1.29, 1.82) is 0 Å². The summed E-state index contributed by atoms with van der Waals surface area (Å²) in [5, 5.41) is 0. The number of hydrogen-bond acceptors (Lipinski definition) is 3. The molecule has 17 heavy (non-hydrogen) atoms. The molecule has 0 saturated heterocycles. The van der Waals surface area contributed by atoms with Gasteiger partial charge >= 0.3 is 0 Å². The van der Waals surface area contributed by atoms with Gasteiger partial charge in [0.15, 0.2) is 0 Å². The molecule has 1 fully saturated rings. The minimum Gasteiger partial charge on any atom is -0.335 e. The van der Waals surface area contributed by atoms with Crippen LogP contribution >= 0.6 is 0 Å². The lowest BCUT2D eigenvalue weighted by Crippen LogP contribution is -2.44. The van der Waals surface area contributed by atoms with Gasteiger partial charge in [0.05, 0.1) is 0 Å². The summed E-state index contributed by atoms with van der Waals surface area (Å²) in [6.07, 6.45) is 8.18. The van der Waals surface area contributed by atoms with E-state index in [9.17, 15) is 0 Å². The molecule has 3 nitrogen and oxygen atoms in total. The van der Waals surface area contributed by atoms with Crippen LogP contribution in [0.15, 0.2) is 0 Å². The van der Waals surface area contributed by atoms with Crippen molar-refractivity contribution in [1.82, 2.24) is 0 Å². The molecule has 0 bridgehead atoms. The van der Waals surface area contributed by atoms with Crippen molar-refractivity contribution in [2.75, 3.05) is 21.3 Å². The Hall–Kier alpha value is 0.0969. The summed E-state index contributed by atoms with van der Waals surface area (Å²) in [6.45, 7) is 2.28. The average molecular weight is 260 g/mol. The topological polar surface area (TPSA) is 27.7 Å². The van der Waals surface area contributed by atoms with Crippen LogP contribution in [-0.2, 0) is 14.2 Å². The third-order valence-electron chi connectivity index (χ3n) is 4.13. The molecule has 0 aromatic rings. The van der Waals surface area contributed by atoms with E-state index in [1.54, 1.807) is 21.3 Å². The molecule has 0 spiro atoms. The standard InChI is InChI=1S/C13H28O3Si/c1-5-6-11-7-9-12(10-8-11)17-13(14-2,15-3)16-4/h11-12H,5-10,17H2,1-4H3/t11-,12-. The molecular weight excluding hydrogens is 232 g/mol. The van der Waals surface area contributed by atoms with Gasteiger partial charge in [0.1, 0.15) is 9.52 Å². The fraction of sp³-hybridized carbons (Fsp3) is 1.00. The first-order valence-corrected chi connectivity index (χ1v) is 8.37. The van der Waals surface area contributed by atoms with E-state index < -0.39 is 15.1 Å². The van der Waals surface area contributed by atoms with Crippen molar-refractivity contribution >= 4 is 9.52 Å². The van der Waals surface area contributed by atoms with Crippen molar-refractivity contribution in [3.63, 3.8) is 0 Å². The minimum atomic E-state index is -0.692. The molecule has 4 heteroatoms. The Morgan fingerprint density at radius 1 is 1.00 bits per heavy atom. The summed E-state index contributed by atoms with van der Waals surface area (Å²) in [4.78, 5) is 0. The van der Waals surface area contributed by atoms with Crippen molar-refractivity contribution in [3.05, 3.63) is 0 Å². The fourth-order valence-electron chi connectivity index (χ4n) is 2.99. The van der Waals surface area contributed by atoms with E-state index in [0.29, 0.717) is 0 Å². The van der Waals surface area contributed by atoms with E-state index in [0.717, 1.165) is 11.5 Å². The van der Waals surface area contributed by atoms with Crippen LogP contribution in [0.1, 0.15) is 45.4 Å². The molecule has 102 valence electrons. The maximum Gasteiger partial charge on any atom is 0.248 e. The van der Waals surface area contributed by atoms with Gasteiger partial charge in [-0.3, -0.25) is 0 Å². The van der Waals surface area contributed by atoms with Gasteiger partial charge in [-0.1, -0.05) is 45.4 Å². The monoisotopic (exact) mass is 260 g/mol. The van der Waals surface area contributed by atoms with Crippen molar-refractivity contribution in [2.45, 2.75) is 56.6 Å². The predicted molar refractivity (Wildman–Crippen MR) is 72.9 cm³/mol. The second-order valence-electron chi connectivity index (χ2n) is 5.17. The maximum absolute atomic E-state index is 5.43. The van der Waals surface area contributed by atoms with Crippen LogP contribution in [0.2, 0.25) is 5.54 Å². The first-order chi connectivity index (χ1) is 8.19. The number of ether oxygens (including phenoxy) is 3. The molecule has 0 aromatic carbocycles. The van der Waals surface area contributed by atoms with Gasteiger partial charge in [-0.05, 0) is 11.5 Å². The van der Waals surface area contributed by atoms with E-state index in [2.05, 4.69) is 6.92 Å². The van der Waals surface area contributed by atoms with Crippen LogP contribution in [0.5, 0.6) is 0 Å². The number of rotatable bonds is 7. The van der Waals surface area contributed by atoms with Gasteiger partial charge in [0.25, 0.3) is 0 Å². The Bertz CT molecular complexity index is 191. The molecule has 1 rings (SSSR count). The number of hydrogen-bond donors (Lipinski definition) is 0. The molecule has 0 atom stereocenters. The smallest absolute Gasteiger partial charge is 0.248 e. The van der Waals surface area contributed by atoms with Gasteiger partial charge in [0, 0.05) is 21.3 Å². The van der Waals surface area contributed by atoms with E-state index in [1.165, 1.54) is 38.5 Å². The molecule has 0 aromatic heterocycles. The lowest BCUT2D eigenvalue weighted by molar-refractivity contribution is -0.295. The van der Waals surface area contributed by atoms with Crippen LogP contribution in [0, 0.1) is 5.92 Å². The highest BCUT2D eigenvalue weighted by Crippen LogP contribution is 2.36. The molecule has 1 saturated carbocycles. The Morgan fingerprint density at radius 2 is 1.53 bits per heavy atom. The summed E-state index contributed by atoms with van der Waals surface area (Å²) in [7, 11) is 4.52. The van der Waals surface area contributed by atoms with Gasteiger partial charge in [-0.15, -0.1) is 0 Å². The van der Waals surface area contributed by atoms with Crippen molar-refractivity contribution in [3.8, 4) is 0 Å². The number of methoxy groups -OCH3 is 3. The summed E-state index contributed by atoms with van der Waals surface area (Å²) < 4.78 is 16.3. The molecule has 1 aliphatic rings. The molecule has 0 aliphatic heterocycles. The van der Waals surface area contributed by atoms with Crippen LogP contribution in [-0.4, -0.2) is 36.4 Å². The highest BCUT2D eigenvalue weighted by Gasteiger charge is 2.35. The van der Waals surface area contributed by atoms with E-state index >= 15 is 0 Å². The van der Waals surface area contributed by atoms with E-state index in [-0.39, 0.29) is 0 Å². The Kier molecular flexibility index (Phi) is 6.70. The highest BCUT2D eigenvalue weighted by atomic mass is 28.2. The molecule has 0 heterocycles. The first kappa shape index (κ1) is 15.2. The van der Waals surface area contributed by atoms with Gasteiger partial charge < -0.3 is 14.2 Å². The highest BCUT2D eigenvalue weighted by molar-refractivity contribution is 6.40. The summed E-state index contributed by atoms with van der Waals surface area (Å²) in [5.74, 6) is 0.965. The van der Waals surface area contributed by atoms with Crippen molar-refractivity contribution in [2.24, 2.45) is 5.92 Å². The average Bonchev–Trinajstić information content (AvgIpc) is 2.39. The SMILES string of the molecule is CCC[C@H]1CC[C@H]([SiH2]C(OC)(OC)OC)CC1. The summed E-state index contributed by atoms with van der Waals surface area (Å²) in [5.41, 5.74) is 0.116. The Labute approximate surface area is 108 Å². The van der Waals surface area contributed by atoms with E-state index in [4.69, 9.17) is 14.2 Å². The quantitative estimate of drug-likeness (QED) is 0.520. The first-order valence-electron chi connectivity index (χ1n) is 6.85. The summed E-state index contributed by atoms with van der Waals surface area (Å²) in [6, 6.07) is 0. The maximum atomic E-state index is 5.43. The zero-order chi connectivity index (χ0) is 12.7. The Balaban J connectivity index is 2.38. The zero-order valence-corrected chi connectivity index (χ0v) is 13.2. The van der Waals surface area contributed by atoms with Crippen LogP contribution in [0.4, 0.5) is 0 Å². The normalized spacial score (nSPS) is 26.8. The van der Waals surface area contributed by atoms with Crippen LogP contribution < -0.4 is 0 Å². The largest absolute Gasteiger partial charge is 0.335 e. The second kappa shape index (κ2) is 7.51. The molecule has 0 amide bonds. The lowest BCUT2D eigenvalue weighted by atomic mass is 9.86. The minimum absolute atomic E-state index is 0.531. The molecular formula is C13H28O3Si.